The van der Waals surface area contributed by atoms with E-state index < -0.39 is 11.6 Å². The van der Waals surface area contributed by atoms with Crippen LogP contribution in [-0.2, 0) is 19.0 Å². The molecule has 0 unspecified atom stereocenters. The Morgan fingerprint density at radius 2 is 1.90 bits per heavy atom. The third-order valence-electron chi connectivity index (χ3n) is 4.91. The molecule has 0 atom stereocenters. The second kappa shape index (κ2) is 9.92. The van der Waals surface area contributed by atoms with Gasteiger partial charge >= 0.3 is 11.9 Å². The lowest BCUT2D eigenvalue weighted by molar-refractivity contribution is -0.148. The standard InChI is InChI=1S/C23H33NO5/c1-7-24(18-10-12-28-13-11-18)20-15-17(8-9-21(25)29-23(3,4)5)14-19(16(20)2)22(26)27-6/h8-9,14-15,18H,7,10-13H2,1-6H3. The topological polar surface area (TPSA) is 65.1 Å². The molecule has 1 aromatic rings. The van der Waals surface area contributed by atoms with Crippen molar-refractivity contribution in [2.24, 2.45) is 0 Å². The molecular weight excluding hydrogens is 370 g/mol. The van der Waals surface area contributed by atoms with Crippen LogP contribution >= 0.6 is 0 Å². The van der Waals surface area contributed by atoms with Crippen molar-refractivity contribution in [2.75, 3.05) is 31.8 Å². The number of anilines is 1. The fraction of sp³-hybridized carbons (Fsp3) is 0.565. The highest BCUT2D eigenvalue weighted by Gasteiger charge is 2.24. The predicted octanol–water partition coefficient (Wildman–Crippen LogP) is 4.14. The summed E-state index contributed by atoms with van der Waals surface area (Å²) in [5.74, 6) is -0.810. The molecule has 0 amide bonds. The van der Waals surface area contributed by atoms with Gasteiger partial charge in [0.1, 0.15) is 5.60 Å². The SMILES string of the molecule is CCN(c1cc(C=CC(=O)OC(C)(C)C)cc(C(=O)OC)c1C)C1CCOCC1. The number of hydrogen-bond acceptors (Lipinski definition) is 6. The summed E-state index contributed by atoms with van der Waals surface area (Å²) >= 11 is 0. The molecular formula is C23H33NO5. The molecule has 0 radical (unpaired) electrons. The maximum atomic E-state index is 12.4. The van der Waals surface area contributed by atoms with Gasteiger partial charge in [-0.1, -0.05) is 0 Å². The number of rotatable bonds is 6. The van der Waals surface area contributed by atoms with Crippen LogP contribution in [0, 0.1) is 6.92 Å². The van der Waals surface area contributed by atoms with Crippen LogP contribution in [0.25, 0.3) is 6.08 Å². The lowest BCUT2D eigenvalue weighted by Crippen LogP contribution is -2.40. The molecule has 29 heavy (non-hydrogen) atoms. The lowest BCUT2D eigenvalue weighted by atomic mass is 9.98. The monoisotopic (exact) mass is 403 g/mol. The molecule has 0 aromatic heterocycles. The zero-order valence-electron chi connectivity index (χ0n) is 18.4. The van der Waals surface area contributed by atoms with Gasteiger partial charge in [-0.15, -0.1) is 0 Å². The maximum Gasteiger partial charge on any atom is 0.338 e. The van der Waals surface area contributed by atoms with Crippen LogP contribution in [0.1, 0.15) is 62.0 Å². The fourth-order valence-electron chi connectivity index (χ4n) is 3.56. The zero-order valence-corrected chi connectivity index (χ0v) is 18.4. The minimum absolute atomic E-state index is 0.350. The van der Waals surface area contributed by atoms with Crippen molar-refractivity contribution < 1.29 is 23.8 Å². The minimum Gasteiger partial charge on any atom is -0.465 e. The molecule has 2 rings (SSSR count). The number of esters is 2. The quantitative estimate of drug-likeness (QED) is 0.525. The number of carbonyl (C=O) groups is 2. The van der Waals surface area contributed by atoms with Gasteiger partial charge in [-0.05, 0) is 76.8 Å². The number of ether oxygens (including phenoxy) is 3. The first-order valence-electron chi connectivity index (χ1n) is 10.1. The normalized spacial score (nSPS) is 15.4. The smallest absolute Gasteiger partial charge is 0.338 e. The number of benzene rings is 1. The van der Waals surface area contributed by atoms with Crippen LogP contribution in [0.15, 0.2) is 18.2 Å². The molecule has 0 spiro atoms. The van der Waals surface area contributed by atoms with E-state index in [1.807, 2.05) is 33.8 Å². The molecule has 0 aliphatic carbocycles. The third kappa shape index (κ3) is 6.32. The molecule has 1 aliphatic rings. The van der Waals surface area contributed by atoms with Crippen LogP contribution in [0.4, 0.5) is 5.69 Å². The van der Waals surface area contributed by atoms with Gasteiger partial charge in [0.05, 0.1) is 12.7 Å². The van der Waals surface area contributed by atoms with Crippen molar-refractivity contribution >= 4 is 23.7 Å². The number of methoxy groups -OCH3 is 1. The van der Waals surface area contributed by atoms with Crippen LogP contribution in [-0.4, -0.2) is 50.4 Å². The minimum atomic E-state index is -0.556. The average molecular weight is 404 g/mol. The summed E-state index contributed by atoms with van der Waals surface area (Å²) in [6.45, 7) is 11.8. The van der Waals surface area contributed by atoms with E-state index in [9.17, 15) is 9.59 Å². The second-order valence-electron chi connectivity index (χ2n) is 8.20. The molecule has 6 heteroatoms. The molecule has 1 saturated heterocycles. The Morgan fingerprint density at radius 1 is 1.24 bits per heavy atom. The molecule has 1 fully saturated rings. The van der Waals surface area contributed by atoms with Gasteiger partial charge in [0, 0.05) is 37.6 Å². The molecule has 1 heterocycles. The molecule has 0 N–H and O–H groups in total. The summed E-state index contributed by atoms with van der Waals surface area (Å²) in [7, 11) is 1.38. The number of carbonyl (C=O) groups excluding carboxylic acids is 2. The molecule has 0 bridgehead atoms. The highest BCUT2D eigenvalue weighted by molar-refractivity contribution is 5.95. The summed E-state index contributed by atoms with van der Waals surface area (Å²) in [5, 5.41) is 0. The lowest BCUT2D eigenvalue weighted by Gasteiger charge is -2.36. The maximum absolute atomic E-state index is 12.4. The van der Waals surface area contributed by atoms with E-state index >= 15 is 0 Å². The van der Waals surface area contributed by atoms with E-state index in [1.54, 1.807) is 12.1 Å². The third-order valence-corrected chi connectivity index (χ3v) is 4.91. The van der Waals surface area contributed by atoms with Gasteiger partial charge in [0.2, 0.25) is 0 Å². The van der Waals surface area contributed by atoms with Crippen molar-refractivity contribution in [3.8, 4) is 0 Å². The van der Waals surface area contributed by atoms with Crippen LogP contribution < -0.4 is 4.90 Å². The van der Waals surface area contributed by atoms with Gasteiger partial charge in [0.15, 0.2) is 0 Å². The van der Waals surface area contributed by atoms with Crippen molar-refractivity contribution in [3.05, 3.63) is 34.9 Å². The van der Waals surface area contributed by atoms with Gasteiger partial charge < -0.3 is 19.1 Å². The van der Waals surface area contributed by atoms with E-state index in [1.165, 1.54) is 13.2 Å². The molecule has 6 nitrogen and oxygen atoms in total. The van der Waals surface area contributed by atoms with Gasteiger partial charge in [-0.3, -0.25) is 0 Å². The van der Waals surface area contributed by atoms with E-state index in [0.29, 0.717) is 11.6 Å². The first kappa shape index (κ1) is 22.9. The average Bonchev–Trinajstić information content (AvgIpc) is 2.67. The Balaban J connectivity index is 2.43. The van der Waals surface area contributed by atoms with Gasteiger partial charge in [-0.25, -0.2) is 9.59 Å². The zero-order chi connectivity index (χ0) is 21.6. The van der Waals surface area contributed by atoms with E-state index in [-0.39, 0.29) is 5.97 Å². The second-order valence-corrected chi connectivity index (χ2v) is 8.20. The predicted molar refractivity (Wildman–Crippen MR) is 114 cm³/mol. The van der Waals surface area contributed by atoms with E-state index in [0.717, 1.165) is 49.4 Å². The summed E-state index contributed by atoms with van der Waals surface area (Å²) in [6.07, 6.45) is 4.96. The van der Waals surface area contributed by atoms with Crippen molar-refractivity contribution in [1.82, 2.24) is 0 Å². The Bertz CT molecular complexity index is 757. The Morgan fingerprint density at radius 3 is 2.45 bits per heavy atom. The van der Waals surface area contributed by atoms with E-state index in [4.69, 9.17) is 14.2 Å². The van der Waals surface area contributed by atoms with Crippen LogP contribution in [0.3, 0.4) is 0 Å². The fourth-order valence-corrected chi connectivity index (χ4v) is 3.56. The Hall–Kier alpha value is -2.34. The summed E-state index contributed by atoms with van der Waals surface area (Å²) in [5.41, 5.74) is 2.55. The first-order valence-corrected chi connectivity index (χ1v) is 10.1. The molecule has 1 aliphatic heterocycles. The summed E-state index contributed by atoms with van der Waals surface area (Å²) < 4.78 is 15.8. The van der Waals surface area contributed by atoms with Gasteiger partial charge in [0.25, 0.3) is 0 Å². The number of hydrogen-bond donors (Lipinski definition) is 0. The Kier molecular flexibility index (Phi) is 7.85. The van der Waals surface area contributed by atoms with Crippen molar-refractivity contribution in [1.29, 1.82) is 0 Å². The van der Waals surface area contributed by atoms with Gasteiger partial charge in [-0.2, -0.15) is 0 Å². The summed E-state index contributed by atoms with van der Waals surface area (Å²) in [4.78, 5) is 26.8. The Labute approximate surface area is 173 Å². The van der Waals surface area contributed by atoms with E-state index in [2.05, 4.69) is 11.8 Å². The molecule has 1 aromatic carbocycles. The summed E-state index contributed by atoms with van der Waals surface area (Å²) in [6, 6.07) is 4.12. The first-order chi connectivity index (χ1) is 13.7. The highest BCUT2D eigenvalue weighted by Crippen LogP contribution is 2.30. The number of nitrogens with zero attached hydrogens (tertiary/aromatic N) is 1. The van der Waals surface area contributed by atoms with Crippen LogP contribution in [0.5, 0.6) is 0 Å². The van der Waals surface area contributed by atoms with Crippen molar-refractivity contribution in [2.45, 2.75) is 59.1 Å². The highest BCUT2D eigenvalue weighted by atomic mass is 16.6. The molecule has 160 valence electrons. The largest absolute Gasteiger partial charge is 0.465 e. The van der Waals surface area contributed by atoms with Crippen molar-refractivity contribution in [3.63, 3.8) is 0 Å². The molecule has 0 saturated carbocycles. The van der Waals surface area contributed by atoms with Crippen LogP contribution in [0.2, 0.25) is 0 Å².